The molecule has 1 amide bonds. The predicted molar refractivity (Wildman–Crippen MR) is 105 cm³/mol. The smallest absolute Gasteiger partial charge is 0.225 e. The van der Waals surface area contributed by atoms with Crippen LogP contribution in [-0.4, -0.2) is 64.2 Å². The van der Waals surface area contributed by atoms with Gasteiger partial charge in [0.2, 0.25) is 5.91 Å². The second-order valence-electron chi connectivity index (χ2n) is 6.93. The minimum atomic E-state index is -0.378. The molecule has 0 saturated heterocycles. The maximum Gasteiger partial charge on any atom is 0.225 e. The Balaban J connectivity index is 2.30. The van der Waals surface area contributed by atoms with Crippen LogP contribution >= 0.6 is 0 Å². The van der Waals surface area contributed by atoms with Gasteiger partial charge in [0, 0.05) is 32.6 Å². The molecule has 0 saturated carbocycles. The van der Waals surface area contributed by atoms with Crippen LogP contribution in [0.2, 0.25) is 0 Å². The first kappa shape index (κ1) is 21.6. The van der Waals surface area contributed by atoms with Crippen molar-refractivity contribution in [1.29, 1.82) is 0 Å². The Labute approximate surface area is 156 Å². The highest BCUT2D eigenvalue weighted by Crippen LogP contribution is 2.16. The van der Waals surface area contributed by atoms with Crippen molar-refractivity contribution in [3.8, 4) is 11.5 Å². The lowest BCUT2D eigenvalue weighted by atomic mass is 9.96. The molecule has 2 N–H and O–H groups in total. The molecule has 0 bridgehead atoms. The topological polar surface area (TPSA) is 75.2 Å². The summed E-state index contributed by atoms with van der Waals surface area (Å²) in [6, 6.07) is 7.49. The average molecular weight is 364 g/mol. The molecular formula is C19H32N4O3. The molecular weight excluding hydrogens is 332 g/mol. The average Bonchev–Trinajstić information content (AvgIpc) is 2.61. The number of nitrogens with one attached hydrogen (secondary N) is 2. The maximum absolute atomic E-state index is 11.8. The van der Waals surface area contributed by atoms with Crippen molar-refractivity contribution in [1.82, 2.24) is 15.5 Å². The fourth-order valence-corrected chi connectivity index (χ4v) is 2.08. The Morgan fingerprint density at radius 3 is 2.23 bits per heavy atom. The molecule has 7 heteroatoms. The van der Waals surface area contributed by atoms with E-state index in [0.717, 1.165) is 17.5 Å². The highest BCUT2D eigenvalue weighted by Gasteiger charge is 2.20. The number of benzene rings is 1. The molecule has 0 atom stereocenters. The zero-order valence-electron chi connectivity index (χ0n) is 16.8. The zero-order chi connectivity index (χ0) is 19.6. The molecule has 0 spiro atoms. The molecule has 26 heavy (non-hydrogen) atoms. The van der Waals surface area contributed by atoms with Crippen molar-refractivity contribution < 1.29 is 14.3 Å². The lowest BCUT2D eigenvalue weighted by molar-refractivity contribution is -0.128. The molecule has 0 aliphatic heterocycles. The van der Waals surface area contributed by atoms with Crippen LogP contribution in [0.15, 0.2) is 29.3 Å². The van der Waals surface area contributed by atoms with Gasteiger partial charge in [0.1, 0.15) is 18.1 Å². The summed E-state index contributed by atoms with van der Waals surface area (Å²) in [5, 5.41) is 6.13. The van der Waals surface area contributed by atoms with Crippen molar-refractivity contribution in [2.24, 2.45) is 10.4 Å². The lowest BCUT2D eigenvalue weighted by Crippen LogP contribution is -2.45. The number of carbonyl (C=O) groups excluding carboxylic acids is 1. The van der Waals surface area contributed by atoms with Crippen molar-refractivity contribution in [2.75, 3.05) is 47.4 Å². The maximum atomic E-state index is 11.8. The summed E-state index contributed by atoms with van der Waals surface area (Å²) in [5.41, 5.74) is -0.378. The number of likely N-dealkylation sites (N-methyl/N-ethyl adjacent to an activating group) is 1. The summed E-state index contributed by atoms with van der Waals surface area (Å²) in [5.74, 6) is 2.40. The Morgan fingerprint density at radius 1 is 1.12 bits per heavy atom. The minimum absolute atomic E-state index is 0.0375. The Bertz CT molecular complexity index is 579. The zero-order valence-corrected chi connectivity index (χ0v) is 16.8. The fourth-order valence-electron chi connectivity index (χ4n) is 2.08. The van der Waals surface area contributed by atoms with E-state index in [-0.39, 0.29) is 11.3 Å². The summed E-state index contributed by atoms with van der Waals surface area (Å²) in [4.78, 5) is 18.1. The van der Waals surface area contributed by atoms with Crippen molar-refractivity contribution in [2.45, 2.75) is 20.8 Å². The van der Waals surface area contributed by atoms with Gasteiger partial charge in [-0.05, 0) is 24.3 Å². The second kappa shape index (κ2) is 10.5. The van der Waals surface area contributed by atoms with E-state index in [1.165, 1.54) is 0 Å². The van der Waals surface area contributed by atoms with Crippen LogP contribution in [0.25, 0.3) is 0 Å². The number of amides is 1. The van der Waals surface area contributed by atoms with Crippen LogP contribution in [0, 0.1) is 5.41 Å². The normalized spacial score (nSPS) is 11.7. The summed E-state index contributed by atoms with van der Waals surface area (Å²) in [6.07, 6.45) is 0. The minimum Gasteiger partial charge on any atom is -0.497 e. The molecule has 0 aliphatic carbocycles. The van der Waals surface area contributed by atoms with Gasteiger partial charge in [-0.3, -0.25) is 9.79 Å². The van der Waals surface area contributed by atoms with Crippen LogP contribution < -0.4 is 20.1 Å². The van der Waals surface area contributed by atoms with Crippen molar-refractivity contribution >= 4 is 11.9 Å². The van der Waals surface area contributed by atoms with Crippen LogP contribution in [0.3, 0.4) is 0 Å². The number of methoxy groups -OCH3 is 1. The van der Waals surface area contributed by atoms with E-state index in [2.05, 4.69) is 15.6 Å². The number of hydrogen-bond donors (Lipinski definition) is 2. The number of aliphatic imine (C=N–C) groups is 1. The number of nitrogens with zero attached hydrogens (tertiary/aromatic N) is 2. The highest BCUT2D eigenvalue weighted by molar-refractivity contribution is 5.81. The van der Waals surface area contributed by atoms with Gasteiger partial charge >= 0.3 is 0 Å². The molecule has 146 valence electrons. The highest BCUT2D eigenvalue weighted by atomic mass is 16.5. The lowest BCUT2D eigenvalue weighted by Gasteiger charge is -2.23. The first-order valence-electron chi connectivity index (χ1n) is 8.75. The molecule has 1 rings (SSSR count). The molecule has 0 aromatic heterocycles. The van der Waals surface area contributed by atoms with E-state index in [4.69, 9.17) is 9.47 Å². The molecule has 0 unspecified atom stereocenters. The van der Waals surface area contributed by atoms with Crippen LogP contribution in [0.4, 0.5) is 0 Å². The third-order valence-electron chi connectivity index (χ3n) is 3.70. The molecule has 0 heterocycles. The third kappa shape index (κ3) is 7.63. The van der Waals surface area contributed by atoms with Gasteiger partial charge < -0.3 is 25.0 Å². The monoisotopic (exact) mass is 364 g/mol. The van der Waals surface area contributed by atoms with Crippen LogP contribution in [-0.2, 0) is 4.79 Å². The Hall–Kier alpha value is -2.44. The number of ether oxygens (including phenoxy) is 2. The van der Waals surface area contributed by atoms with Gasteiger partial charge in [-0.15, -0.1) is 0 Å². The van der Waals surface area contributed by atoms with E-state index in [1.807, 2.05) is 57.0 Å². The van der Waals surface area contributed by atoms with E-state index in [1.54, 1.807) is 14.2 Å². The summed E-state index contributed by atoms with van der Waals surface area (Å²) in [6.45, 7) is 8.05. The van der Waals surface area contributed by atoms with E-state index < -0.39 is 0 Å². The molecule has 0 radical (unpaired) electrons. The van der Waals surface area contributed by atoms with Gasteiger partial charge in [-0.2, -0.15) is 0 Å². The first-order chi connectivity index (χ1) is 12.3. The van der Waals surface area contributed by atoms with E-state index >= 15 is 0 Å². The number of hydrogen-bond acceptors (Lipinski definition) is 4. The van der Waals surface area contributed by atoms with Gasteiger partial charge in [-0.25, -0.2) is 0 Å². The van der Waals surface area contributed by atoms with Gasteiger partial charge in [0.05, 0.1) is 13.7 Å². The molecule has 1 aromatic rings. The fraction of sp³-hybridized carbons (Fsp3) is 0.579. The number of carbonyl (C=O) groups is 1. The second-order valence-corrected chi connectivity index (χ2v) is 6.93. The molecule has 0 fully saturated rings. The van der Waals surface area contributed by atoms with E-state index in [9.17, 15) is 4.79 Å². The molecule has 1 aromatic carbocycles. The van der Waals surface area contributed by atoms with Crippen molar-refractivity contribution in [3.05, 3.63) is 24.3 Å². The summed E-state index contributed by atoms with van der Waals surface area (Å²) >= 11 is 0. The van der Waals surface area contributed by atoms with Crippen molar-refractivity contribution in [3.63, 3.8) is 0 Å². The van der Waals surface area contributed by atoms with Crippen LogP contribution in [0.1, 0.15) is 20.8 Å². The standard InChI is InChI=1S/C19H32N4O3/c1-19(2,3)17(24)21-11-12-22-18(20-4)23(5)13-14-26-16-9-7-15(25-6)8-10-16/h7-10H,11-14H2,1-6H3,(H,20,22)(H,21,24). The Morgan fingerprint density at radius 2 is 1.69 bits per heavy atom. The van der Waals surface area contributed by atoms with Gasteiger partial charge in [0.15, 0.2) is 5.96 Å². The van der Waals surface area contributed by atoms with E-state index in [0.29, 0.717) is 26.2 Å². The summed E-state index contributed by atoms with van der Waals surface area (Å²) in [7, 11) is 5.31. The number of guanidine groups is 1. The molecule has 0 aliphatic rings. The number of rotatable bonds is 8. The summed E-state index contributed by atoms with van der Waals surface area (Å²) < 4.78 is 10.9. The predicted octanol–water partition coefficient (Wildman–Crippen LogP) is 1.74. The Kier molecular flexibility index (Phi) is 8.75. The largest absolute Gasteiger partial charge is 0.497 e. The van der Waals surface area contributed by atoms with Gasteiger partial charge in [0.25, 0.3) is 0 Å². The molecule has 7 nitrogen and oxygen atoms in total. The van der Waals surface area contributed by atoms with Gasteiger partial charge in [-0.1, -0.05) is 20.8 Å². The third-order valence-corrected chi connectivity index (χ3v) is 3.70. The first-order valence-corrected chi connectivity index (χ1v) is 8.75. The quantitative estimate of drug-likeness (QED) is 0.418. The SMILES string of the molecule is CN=C(NCCNC(=O)C(C)(C)C)N(C)CCOc1ccc(OC)cc1. The van der Waals surface area contributed by atoms with Crippen LogP contribution in [0.5, 0.6) is 11.5 Å².